The van der Waals surface area contributed by atoms with E-state index < -0.39 is 17.9 Å². The van der Waals surface area contributed by atoms with E-state index in [9.17, 15) is 0 Å². The number of benzene rings is 3. The molecule has 0 saturated heterocycles. The molecule has 0 bridgehead atoms. The molecule has 0 aromatic heterocycles. The first kappa shape index (κ1) is 24.5. The Morgan fingerprint density at radius 1 is 0.500 bits per heavy atom. The van der Waals surface area contributed by atoms with Crippen LogP contribution in [-0.4, -0.2) is 0 Å². The minimum absolute atomic E-state index is 0.694. The van der Waals surface area contributed by atoms with Crippen LogP contribution in [0.3, 0.4) is 0 Å². The third-order valence-corrected chi connectivity index (χ3v) is 11.2. The first-order valence-electron chi connectivity index (χ1n) is 11.8. The number of allylic oxidation sites excluding steroid dienone is 4. The molecule has 0 N–H and O–H groups in total. The van der Waals surface area contributed by atoms with Crippen molar-refractivity contribution in [3.63, 3.8) is 0 Å². The van der Waals surface area contributed by atoms with Crippen LogP contribution in [0.2, 0.25) is 0 Å². The van der Waals surface area contributed by atoms with Gasteiger partial charge in [-0.3, -0.25) is 0 Å². The summed E-state index contributed by atoms with van der Waals surface area (Å²) in [6.07, 6.45) is 0. The van der Waals surface area contributed by atoms with Crippen LogP contribution in [0.15, 0.2) is 113 Å². The van der Waals surface area contributed by atoms with Crippen molar-refractivity contribution in [2.75, 3.05) is 0 Å². The predicted molar refractivity (Wildman–Crippen MR) is 136 cm³/mol. The summed E-state index contributed by atoms with van der Waals surface area (Å²) in [5, 5.41) is 0. The molecule has 3 aromatic rings. The summed E-state index contributed by atoms with van der Waals surface area (Å²) in [6.45, 7) is 11.2. The molecule has 1 aliphatic carbocycles. The molecule has 3 aromatic carbocycles. The average molecular weight is 458 g/mol. The maximum atomic E-state index is 2.28. The van der Waals surface area contributed by atoms with Crippen molar-refractivity contribution >= 4 is 0 Å². The van der Waals surface area contributed by atoms with E-state index in [4.69, 9.17) is 0 Å². The second kappa shape index (κ2) is 12.2. The Hall–Kier alpha value is -2.15. The summed E-state index contributed by atoms with van der Waals surface area (Å²) in [5.41, 5.74) is 10.6. The molecule has 0 heterocycles. The summed E-state index contributed by atoms with van der Waals surface area (Å²) < 4.78 is 3.89. The first-order chi connectivity index (χ1) is 15.5. The van der Waals surface area contributed by atoms with E-state index in [0.717, 1.165) is 0 Å². The molecule has 0 aliphatic heterocycles. The first-order valence-corrected chi connectivity index (χ1v) is 15.1. The van der Waals surface area contributed by atoms with E-state index in [2.05, 4.69) is 126 Å². The van der Waals surface area contributed by atoms with Gasteiger partial charge in [-0.1, -0.05) is 18.1 Å². The van der Waals surface area contributed by atoms with Gasteiger partial charge in [0.25, 0.3) is 0 Å². The van der Waals surface area contributed by atoms with Crippen LogP contribution in [0.5, 0.6) is 0 Å². The van der Waals surface area contributed by atoms with Crippen molar-refractivity contribution in [3.8, 4) is 0 Å². The van der Waals surface area contributed by atoms with Crippen LogP contribution < -0.4 is 0 Å². The van der Waals surface area contributed by atoms with Crippen molar-refractivity contribution in [2.45, 2.75) is 48.8 Å². The SMILES string of the molecule is CC1=C(C)C(C)C(C)=C1C.c1ccc([CH2][Ti]([CH2]c2ccccc2)[CH2]c2ccccc2)cc1. The molecule has 1 aliphatic rings. The molecule has 0 amide bonds. The second-order valence-corrected chi connectivity index (χ2v) is 13.1. The molecule has 165 valence electrons. The fourth-order valence-electron chi connectivity index (χ4n) is 4.41. The number of hydrogen-bond acceptors (Lipinski definition) is 0. The van der Waals surface area contributed by atoms with Gasteiger partial charge < -0.3 is 0 Å². The summed E-state index contributed by atoms with van der Waals surface area (Å²) in [7, 11) is 0. The Morgan fingerprint density at radius 2 is 0.781 bits per heavy atom. The van der Waals surface area contributed by atoms with Gasteiger partial charge in [0.15, 0.2) is 0 Å². The predicted octanol–water partition coefficient (Wildman–Crippen LogP) is 8.51. The van der Waals surface area contributed by atoms with Crippen molar-refractivity contribution in [1.29, 1.82) is 0 Å². The van der Waals surface area contributed by atoms with Gasteiger partial charge in [-0.2, -0.15) is 0 Å². The Kier molecular flexibility index (Phi) is 9.33. The van der Waals surface area contributed by atoms with Crippen LogP contribution in [0.1, 0.15) is 51.3 Å². The third-order valence-electron chi connectivity index (χ3n) is 6.94. The Bertz CT molecular complexity index is 907. The Labute approximate surface area is 201 Å². The van der Waals surface area contributed by atoms with Gasteiger partial charge >= 0.3 is 140 Å². The van der Waals surface area contributed by atoms with Crippen molar-refractivity contribution in [3.05, 3.63) is 130 Å². The van der Waals surface area contributed by atoms with Crippen LogP contribution in [0.25, 0.3) is 0 Å². The van der Waals surface area contributed by atoms with Crippen molar-refractivity contribution in [1.82, 2.24) is 0 Å². The van der Waals surface area contributed by atoms with E-state index in [-0.39, 0.29) is 0 Å². The number of hydrogen-bond donors (Lipinski definition) is 0. The fraction of sp³-hybridized carbons (Fsp3) is 0.290. The summed E-state index contributed by atoms with van der Waals surface area (Å²) in [4.78, 5) is 0. The molecule has 0 nitrogen and oxygen atoms in total. The molecule has 4 rings (SSSR count). The van der Waals surface area contributed by atoms with Crippen LogP contribution >= 0.6 is 0 Å². The van der Waals surface area contributed by atoms with E-state index in [1.165, 1.54) is 42.0 Å². The molecular formula is C31H37Ti. The zero-order chi connectivity index (χ0) is 22.9. The molecular weight excluding hydrogens is 420 g/mol. The van der Waals surface area contributed by atoms with Gasteiger partial charge in [-0.25, -0.2) is 0 Å². The zero-order valence-electron chi connectivity index (χ0n) is 20.4. The topological polar surface area (TPSA) is 0 Å². The summed E-state index contributed by atoms with van der Waals surface area (Å²) in [5.74, 6) is 0.694. The average Bonchev–Trinajstić information content (AvgIpc) is 2.99. The molecule has 0 fully saturated rings. The van der Waals surface area contributed by atoms with Gasteiger partial charge in [-0.15, -0.1) is 0 Å². The van der Waals surface area contributed by atoms with Crippen molar-refractivity contribution < 1.29 is 17.9 Å². The molecule has 32 heavy (non-hydrogen) atoms. The number of rotatable bonds is 6. The van der Waals surface area contributed by atoms with Crippen molar-refractivity contribution in [2.24, 2.45) is 5.92 Å². The third kappa shape index (κ3) is 6.93. The minimum atomic E-state index is -1.22. The summed E-state index contributed by atoms with van der Waals surface area (Å²) in [6, 6.07) is 33.0. The Balaban J connectivity index is 0.000000243. The van der Waals surface area contributed by atoms with E-state index in [1.54, 1.807) is 11.1 Å². The molecule has 0 unspecified atom stereocenters. The van der Waals surface area contributed by atoms with Crippen LogP contribution in [-0.2, 0) is 32.0 Å². The molecule has 0 atom stereocenters. The monoisotopic (exact) mass is 457 g/mol. The van der Waals surface area contributed by atoms with E-state index in [0.29, 0.717) is 5.92 Å². The van der Waals surface area contributed by atoms with E-state index >= 15 is 0 Å². The maximum absolute atomic E-state index is 2.28. The molecule has 0 saturated carbocycles. The fourth-order valence-corrected chi connectivity index (χ4v) is 8.80. The molecule has 0 spiro atoms. The van der Waals surface area contributed by atoms with Gasteiger partial charge in [0.1, 0.15) is 0 Å². The van der Waals surface area contributed by atoms with Gasteiger partial charge in [0, 0.05) is 0 Å². The zero-order valence-corrected chi connectivity index (χ0v) is 21.9. The van der Waals surface area contributed by atoms with Crippen LogP contribution in [0, 0.1) is 5.92 Å². The molecule has 0 radical (unpaired) electrons. The molecule has 1 heteroatoms. The van der Waals surface area contributed by atoms with Gasteiger partial charge in [0.05, 0.1) is 0 Å². The van der Waals surface area contributed by atoms with Gasteiger partial charge in [-0.05, 0) is 44.8 Å². The normalized spacial score (nSPS) is 13.8. The quantitative estimate of drug-likeness (QED) is 0.326. The Morgan fingerprint density at radius 3 is 1.00 bits per heavy atom. The van der Waals surface area contributed by atoms with Crippen LogP contribution in [0.4, 0.5) is 0 Å². The standard InChI is InChI=1S/C10H16.3C7H7.Ti/c1-6-7(2)9(4)10(5)8(6)3;3*1-7-5-3-2-4-6-7;/h6H,1-5H3;3*2-6H,1H2;. The van der Waals surface area contributed by atoms with E-state index in [1.807, 2.05) is 0 Å². The van der Waals surface area contributed by atoms with Gasteiger partial charge in [0.2, 0.25) is 0 Å². The summed E-state index contributed by atoms with van der Waals surface area (Å²) >= 11 is -1.22. The second-order valence-electron chi connectivity index (χ2n) is 9.07.